The predicted molar refractivity (Wildman–Crippen MR) is 55.1 cm³/mol. The van der Waals surface area contributed by atoms with Gasteiger partial charge in [-0.2, -0.15) is 0 Å². The van der Waals surface area contributed by atoms with E-state index in [2.05, 4.69) is 18.3 Å². The van der Waals surface area contributed by atoms with Crippen LogP contribution in [0, 0.1) is 0 Å². The summed E-state index contributed by atoms with van der Waals surface area (Å²) in [5.41, 5.74) is 4.26. The van der Waals surface area contributed by atoms with Gasteiger partial charge >= 0.3 is 0 Å². The molecule has 0 bridgehead atoms. The van der Waals surface area contributed by atoms with Crippen molar-refractivity contribution in [3.8, 4) is 0 Å². The van der Waals surface area contributed by atoms with Crippen molar-refractivity contribution in [1.29, 1.82) is 0 Å². The lowest BCUT2D eigenvalue weighted by Crippen LogP contribution is -1.98. The van der Waals surface area contributed by atoms with Crippen molar-refractivity contribution in [2.75, 3.05) is 0 Å². The summed E-state index contributed by atoms with van der Waals surface area (Å²) in [5, 5.41) is 4.37. The maximum absolute atomic E-state index is 4.37. The first-order valence-electron chi connectivity index (χ1n) is 5.14. The van der Waals surface area contributed by atoms with Crippen LogP contribution in [0.2, 0.25) is 0 Å². The Bertz CT molecular complexity index is 281. The van der Waals surface area contributed by atoms with Crippen molar-refractivity contribution in [1.82, 2.24) is 5.32 Å². The summed E-state index contributed by atoms with van der Waals surface area (Å²) in [4.78, 5) is 0. The fourth-order valence-electron chi connectivity index (χ4n) is 2.06. The summed E-state index contributed by atoms with van der Waals surface area (Å²) in [7, 11) is 0. The number of hydrogen-bond acceptors (Lipinski definition) is 0. The third-order valence-electron chi connectivity index (χ3n) is 2.86. The number of nitrogens with zero attached hydrogens (tertiary/aromatic N) is 1. The molecule has 2 aliphatic rings. The van der Waals surface area contributed by atoms with Crippen molar-refractivity contribution in [2.24, 2.45) is 0 Å². The zero-order chi connectivity index (χ0) is 9.10. The van der Waals surface area contributed by atoms with Crippen LogP contribution in [-0.4, -0.2) is 0 Å². The second-order valence-corrected chi connectivity index (χ2v) is 3.84. The fraction of sp³-hybridized carbons (Fsp3) is 0.500. The van der Waals surface area contributed by atoms with E-state index in [0.717, 1.165) is 0 Å². The van der Waals surface area contributed by atoms with Gasteiger partial charge in [0.25, 0.3) is 0 Å². The molecule has 0 aromatic carbocycles. The van der Waals surface area contributed by atoms with Crippen LogP contribution in [0.25, 0.3) is 0 Å². The molecule has 2 rings (SSSR count). The van der Waals surface area contributed by atoms with Crippen LogP contribution in [0.1, 0.15) is 39.0 Å². The zero-order valence-electron chi connectivity index (χ0n) is 8.21. The third kappa shape index (κ3) is 1.85. The van der Waals surface area contributed by atoms with Gasteiger partial charge < -0.3 is 0 Å². The molecule has 1 heterocycles. The molecule has 0 fully saturated rings. The highest BCUT2D eigenvalue weighted by Crippen LogP contribution is 2.28. The second-order valence-electron chi connectivity index (χ2n) is 3.84. The van der Waals surface area contributed by atoms with Gasteiger partial charge in [-0.3, -0.25) is 5.32 Å². The van der Waals surface area contributed by atoms with E-state index in [9.17, 15) is 0 Å². The zero-order valence-corrected chi connectivity index (χ0v) is 8.21. The summed E-state index contributed by atoms with van der Waals surface area (Å²) in [6.07, 6.45) is 12.6. The van der Waals surface area contributed by atoms with E-state index in [0.29, 0.717) is 0 Å². The first-order chi connectivity index (χ1) is 6.38. The maximum atomic E-state index is 4.37. The SMILES string of the molecule is CC1=C(C2=CC=C[N]2)CCCCC1. The highest BCUT2D eigenvalue weighted by atomic mass is 14.9. The van der Waals surface area contributed by atoms with Crippen LogP contribution in [0.15, 0.2) is 35.2 Å². The molecular formula is C12H16N. The average molecular weight is 174 g/mol. The monoisotopic (exact) mass is 174 g/mol. The molecule has 0 amide bonds. The van der Waals surface area contributed by atoms with Gasteiger partial charge in [-0.05, 0) is 50.3 Å². The van der Waals surface area contributed by atoms with Crippen molar-refractivity contribution in [2.45, 2.75) is 39.0 Å². The lowest BCUT2D eigenvalue weighted by molar-refractivity contribution is 0.706. The van der Waals surface area contributed by atoms with Gasteiger partial charge in [-0.25, -0.2) is 0 Å². The molecule has 0 saturated carbocycles. The minimum Gasteiger partial charge on any atom is -0.257 e. The Morgan fingerprint density at radius 2 is 2.00 bits per heavy atom. The van der Waals surface area contributed by atoms with Crippen LogP contribution < -0.4 is 5.32 Å². The van der Waals surface area contributed by atoms with E-state index >= 15 is 0 Å². The summed E-state index contributed by atoms with van der Waals surface area (Å²) in [6.45, 7) is 2.26. The minimum absolute atomic E-state index is 1.21. The van der Waals surface area contributed by atoms with Gasteiger partial charge in [0.1, 0.15) is 0 Å². The number of allylic oxidation sites excluding steroid dienone is 4. The summed E-state index contributed by atoms with van der Waals surface area (Å²) < 4.78 is 0. The van der Waals surface area contributed by atoms with Crippen LogP contribution in [0.4, 0.5) is 0 Å². The Morgan fingerprint density at radius 1 is 1.15 bits per heavy atom. The molecule has 1 radical (unpaired) electrons. The van der Waals surface area contributed by atoms with E-state index in [1.54, 1.807) is 5.57 Å². The topological polar surface area (TPSA) is 14.1 Å². The Labute approximate surface area is 80.2 Å². The van der Waals surface area contributed by atoms with Gasteiger partial charge in [0.2, 0.25) is 0 Å². The third-order valence-corrected chi connectivity index (χ3v) is 2.86. The quantitative estimate of drug-likeness (QED) is 0.579. The van der Waals surface area contributed by atoms with Gasteiger partial charge in [0.05, 0.1) is 5.70 Å². The Morgan fingerprint density at radius 3 is 2.77 bits per heavy atom. The van der Waals surface area contributed by atoms with Crippen LogP contribution in [0.3, 0.4) is 0 Å². The summed E-state index contributed by atoms with van der Waals surface area (Å²) >= 11 is 0. The molecular weight excluding hydrogens is 158 g/mol. The van der Waals surface area contributed by atoms with Crippen molar-refractivity contribution in [3.05, 3.63) is 35.2 Å². The first-order valence-corrected chi connectivity index (χ1v) is 5.14. The molecule has 0 saturated heterocycles. The maximum Gasteiger partial charge on any atom is 0.0661 e. The summed E-state index contributed by atoms with van der Waals surface area (Å²) in [5.74, 6) is 0. The molecule has 1 aliphatic carbocycles. The predicted octanol–water partition coefficient (Wildman–Crippen LogP) is 3.28. The van der Waals surface area contributed by atoms with E-state index < -0.39 is 0 Å². The Hall–Kier alpha value is -0.980. The molecule has 0 spiro atoms. The fourth-order valence-corrected chi connectivity index (χ4v) is 2.06. The molecule has 0 atom stereocenters. The molecule has 1 heteroatoms. The van der Waals surface area contributed by atoms with E-state index in [1.165, 1.54) is 43.4 Å². The van der Waals surface area contributed by atoms with Gasteiger partial charge in [0.15, 0.2) is 0 Å². The molecule has 0 N–H and O–H groups in total. The molecule has 1 aliphatic heterocycles. The lowest BCUT2D eigenvalue weighted by atomic mass is 10.0. The molecule has 0 aromatic heterocycles. The van der Waals surface area contributed by atoms with E-state index in [-0.39, 0.29) is 0 Å². The lowest BCUT2D eigenvalue weighted by Gasteiger charge is -2.09. The van der Waals surface area contributed by atoms with Crippen LogP contribution in [-0.2, 0) is 0 Å². The molecule has 13 heavy (non-hydrogen) atoms. The van der Waals surface area contributed by atoms with Crippen LogP contribution >= 0.6 is 0 Å². The smallest absolute Gasteiger partial charge is 0.0661 e. The van der Waals surface area contributed by atoms with Gasteiger partial charge in [0, 0.05) is 6.20 Å². The number of hydrogen-bond donors (Lipinski definition) is 0. The minimum atomic E-state index is 1.21. The van der Waals surface area contributed by atoms with E-state index in [1.807, 2.05) is 12.3 Å². The van der Waals surface area contributed by atoms with Crippen molar-refractivity contribution >= 4 is 0 Å². The largest absolute Gasteiger partial charge is 0.257 e. The normalized spacial score (nSPS) is 22.7. The highest BCUT2D eigenvalue weighted by Gasteiger charge is 2.13. The van der Waals surface area contributed by atoms with Gasteiger partial charge in [-0.1, -0.05) is 12.0 Å². The molecule has 0 unspecified atom stereocenters. The highest BCUT2D eigenvalue weighted by molar-refractivity contribution is 5.39. The van der Waals surface area contributed by atoms with Gasteiger partial charge in [-0.15, -0.1) is 0 Å². The summed E-state index contributed by atoms with van der Waals surface area (Å²) in [6, 6.07) is 0. The van der Waals surface area contributed by atoms with Crippen molar-refractivity contribution in [3.63, 3.8) is 0 Å². The molecule has 69 valence electrons. The second kappa shape index (κ2) is 3.82. The first kappa shape index (κ1) is 8.61. The number of rotatable bonds is 1. The Kier molecular flexibility index (Phi) is 2.53. The molecule has 1 nitrogen and oxygen atoms in total. The average Bonchev–Trinajstić information content (AvgIpc) is 2.56. The molecule has 0 aromatic rings. The van der Waals surface area contributed by atoms with E-state index in [4.69, 9.17) is 0 Å². The van der Waals surface area contributed by atoms with Crippen LogP contribution in [0.5, 0.6) is 0 Å². The Balaban J connectivity index is 2.18. The van der Waals surface area contributed by atoms with Crippen molar-refractivity contribution < 1.29 is 0 Å². The standard InChI is InChI=1S/C12H16N/c1-10-6-3-2-4-7-11(10)12-8-5-9-13-12/h5,8-9H,2-4,6-7H2,1H3.